The van der Waals surface area contributed by atoms with Gasteiger partial charge >= 0.3 is 11.7 Å². The number of nitrogens with zero attached hydrogens (tertiary/aromatic N) is 2. The molecule has 13 heteroatoms. The van der Waals surface area contributed by atoms with Gasteiger partial charge in [0.15, 0.2) is 46.4 Å². The molecule has 0 spiro atoms. The Hall–Kier alpha value is -3.12. The Balaban J connectivity index is 2.76. The molecule has 0 amide bonds. The SMILES string of the molecule is C=CC(=O)OC1(N=Nc2c(F)c(F)c(C)c(F)c2F)C(F)=C(F)C(F)=C(F)C1F. The molecule has 1 aromatic rings. The summed E-state index contributed by atoms with van der Waals surface area (Å²) in [6.07, 6.45) is -3.48. The average molecular weight is 430 g/mol. The van der Waals surface area contributed by atoms with Gasteiger partial charge in [0.05, 0.1) is 0 Å². The number of hydrogen-bond acceptors (Lipinski definition) is 4. The van der Waals surface area contributed by atoms with E-state index in [1.807, 2.05) is 0 Å². The quantitative estimate of drug-likeness (QED) is 0.202. The fourth-order valence-electron chi connectivity index (χ4n) is 2.10. The average Bonchev–Trinajstić information content (AvgIpc) is 2.71. The van der Waals surface area contributed by atoms with E-state index < -0.39 is 75.7 Å². The van der Waals surface area contributed by atoms with E-state index in [0.29, 0.717) is 6.92 Å². The molecule has 0 N–H and O–H groups in total. The second-order valence-corrected chi connectivity index (χ2v) is 5.40. The first-order valence-electron chi connectivity index (χ1n) is 7.26. The highest BCUT2D eigenvalue weighted by molar-refractivity contribution is 5.82. The fourth-order valence-corrected chi connectivity index (χ4v) is 2.10. The summed E-state index contributed by atoms with van der Waals surface area (Å²) in [6.45, 7) is 3.48. The number of rotatable bonds is 4. The standard InChI is InChI=1S/C16H7F9N2O2/c1-3-5(28)29-16(14(24)11(22)8(19)12(23)15(16)25)27-26-13-9(20)6(17)4(2)7(18)10(13)21/h3,14H,1H2,2H3. The summed E-state index contributed by atoms with van der Waals surface area (Å²) in [5.74, 6) is -20.7. The molecule has 0 heterocycles. The molecule has 2 atom stereocenters. The van der Waals surface area contributed by atoms with Crippen LogP contribution >= 0.6 is 0 Å². The third-order valence-electron chi connectivity index (χ3n) is 3.66. The molecule has 29 heavy (non-hydrogen) atoms. The van der Waals surface area contributed by atoms with Crippen molar-refractivity contribution in [1.29, 1.82) is 0 Å². The topological polar surface area (TPSA) is 51.0 Å². The zero-order chi connectivity index (χ0) is 22.3. The third-order valence-corrected chi connectivity index (χ3v) is 3.66. The van der Waals surface area contributed by atoms with Crippen molar-refractivity contribution < 1.29 is 49.0 Å². The van der Waals surface area contributed by atoms with Crippen LogP contribution in [0.5, 0.6) is 0 Å². The summed E-state index contributed by atoms with van der Waals surface area (Å²) in [4.78, 5) is 11.3. The first-order valence-corrected chi connectivity index (χ1v) is 7.26. The van der Waals surface area contributed by atoms with Gasteiger partial charge in [-0.15, -0.1) is 10.2 Å². The molecule has 0 bridgehead atoms. The number of hydrogen-bond donors (Lipinski definition) is 0. The van der Waals surface area contributed by atoms with E-state index in [1.165, 1.54) is 0 Å². The molecule has 0 saturated carbocycles. The minimum Gasteiger partial charge on any atom is -0.421 e. The normalized spacial score (nSPS) is 22.5. The van der Waals surface area contributed by atoms with Crippen LogP contribution < -0.4 is 0 Å². The van der Waals surface area contributed by atoms with Crippen molar-refractivity contribution in [1.82, 2.24) is 0 Å². The number of allylic oxidation sites excluding steroid dienone is 2. The molecule has 1 aliphatic carbocycles. The summed E-state index contributed by atoms with van der Waals surface area (Å²) < 4.78 is 128. The molecule has 0 aromatic heterocycles. The molecular formula is C16H7F9N2O2. The second kappa shape index (κ2) is 7.72. The number of carbonyl (C=O) groups is 1. The largest absolute Gasteiger partial charge is 0.421 e. The molecule has 1 aliphatic rings. The first-order chi connectivity index (χ1) is 13.4. The maximum Gasteiger partial charge on any atom is 0.332 e. The predicted octanol–water partition coefficient (Wildman–Crippen LogP) is 5.71. The Kier molecular flexibility index (Phi) is 5.90. The van der Waals surface area contributed by atoms with E-state index in [2.05, 4.69) is 21.5 Å². The molecule has 0 saturated heterocycles. The zero-order valence-corrected chi connectivity index (χ0v) is 14.0. The van der Waals surface area contributed by atoms with Crippen LogP contribution in [0, 0.1) is 30.2 Å². The number of alkyl halides is 1. The summed E-state index contributed by atoms with van der Waals surface area (Å²) in [6, 6.07) is 0. The first kappa shape index (κ1) is 22.2. The Morgan fingerprint density at radius 1 is 1.00 bits per heavy atom. The fraction of sp³-hybridized carbons (Fsp3) is 0.188. The van der Waals surface area contributed by atoms with Gasteiger partial charge in [-0.1, -0.05) is 6.58 Å². The lowest BCUT2D eigenvalue weighted by Gasteiger charge is -2.31. The summed E-state index contributed by atoms with van der Waals surface area (Å²) >= 11 is 0. The Morgan fingerprint density at radius 3 is 2.00 bits per heavy atom. The van der Waals surface area contributed by atoms with Crippen molar-refractivity contribution in [2.75, 3.05) is 0 Å². The Labute approximate surface area is 155 Å². The number of esters is 1. The van der Waals surface area contributed by atoms with E-state index >= 15 is 0 Å². The lowest BCUT2D eigenvalue weighted by Crippen LogP contribution is -2.46. The van der Waals surface area contributed by atoms with Crippen LogP contribution in [0.4, 0.5) is 45.2 Å². The molecule has 1 aromatic carbocycles. The zero-order valence-electron chi connectivity index (χ0n) is 14.0. The van der Waals surface area contributed by atoms with Gasteiger partial charge in [-0.3, -0.25) is 0 Å². The molecule has 2 rings (SSSR count). The Bertz CT molecular complexity index is 974. The molecular weight excluding hydrogens is 423 g/mol. The van der Waals surface area contributed by atoms with Crippen LogP contribution in [0.1, 0.15) is 5.56 Å². The third kappa shape index (κ3) is 3.40. The maximum absolute atomic E-state index is 14.3. The minimum atomic E-state index is -4.08. The number of azo groups is 1. The van der Waals surface area contributed by atoms with Gasteiger partial charge in [0.25, 0.3) is 0 Å². The summed E-state index contributed by atoms with van der Waals surface area (Å²) in [7, 11) is 0. The molecule has 0 radical (unpaired) electrons. The number of ether oxygens (including phenoxy) is 1. The number of halogens is 9. The monoisotopic (exact) mass is 430 g/mol. The van der Waals surface area contributed by atoms with Crippen molar-refractivity contribution in [3.05, 3.63) is 64.8 Å². The van der Waals surface area contributed by atoms with Gasteiger partial charge in [0.2, 0.25) is 12.0 Å². The van der Waals surface area contributed by atoms with Crippen molar-refractivity contribution in [2.45, 2.75) is 18.8 Å². The van der Waals surface area contributed by atoms with Gasteiger partial charge in [-0.2, -0.15) is 0 Å². The molecule has 0 fully saturated rings. The van der Waals surface area contributed by atoms with Gasteiger partial charge in [-0.05, 0) is 6.92 Å². The molecule has 156 valence electrons. The predicted molar refractivity (Wildman–Crippen MR) is 77.9 cm³/mol. The highest BCUT2D eigenvalue weighted by Gasteiger charge is 2.57. The maximum atomic E-state index is 14.3. The number of benzene rings is 1. The second-order valence-electron chi connectivity index (χ2n) is 5.40. The molecule has 4 nitrogen and oxygen atoms in total. The van der Waals surface area contributed by atoms with Crippen LogP contribution in [-0.2, 0) is 9.53 Å². The van der Waals surface area contributed by atoms with Crippen LogP contribution in [0.25, 0.3) is 0 Å². The van der Waals surface area contributed by atoms with E-state index in [1.54, 1.807) is 0 Å². The molecule has 2 unspecified atom stereocenters. The molecule has 0 aliphatic heterocycles. The van der Waals surface area contributed by atoms with Crippen molar-refractivity contribution in [3.63, 3.8) is 0 Å². The van der Waals surface area contributed by atoms with Crippen molar-refractivity contribution in [2.24, 2.45) is 10.2 Å². The highest BCUT2D eigenvalue weighted by atomic mass is 19.2. The lowest BCUT2D eigenvalue weighted by atomic mass is 9.99. The van der Waals surface area contributed by atoms with Crippen LogP contribution in [0.2, 0.25) is 0 Å². The highest BCUT2D eigenvalue weighted by Crippen LogP contribution is 2.46. The van der Waals surface area contributed by atoms with Crippen LogP contribution in [-0.4, -0.2) is 17.9 Å². The summed E-state index contributed by atoms with van der Waals surface area (Å²) in [5, 5.41) is 5.07. The van der Waals surface area contributed by atoms with Crippen LogP contribution in [0.3, 0.4) is 0 Å². The summed E-state index contributed by atoms with van der Waals surface area (Å²) in [5.41, 5.74) is -7.11. The van der Waals surface area contributed by atoms with Gasteiger partial charge in [-0.25, -0.2) is 44.3 Å². The number of carbonyl (C=O) groups excluding carboxylic acids is 1. The van der Waals surface area contributed by atoms with Crippen molar-refractivity contribution >= 4 is 11.7 Å². The minimum absolute atomic E-state index is 0.244. The van der Waals surface area contributed by atoms with E-state index in [0.717, 1.165) is 0 Å². The van der Waals surface area contributed by atoms with E-state index in [4.69, 9.17) is 0 Å². The lowest BCUT2D eigenvalue weighted by molar-refractivity contribution is -0.158. The van der Waals surface area contributed by atoms with Gasteiger partial charge < -0.3 is 4.74 Å². The van der Waals surface area contributed by atoms with Crippen LogP contribution in [0.15, 0.2) is 46.2 Å². The van der Waals surface area contributed by atoms with Crippen molar-refractivity contribution in [3.8, 4) is 0 Å². The van der Waals surface area contributed by atoms with E-state index in [9.17, 15) is 44.3 Å². The Morgan fingerprint density at radius 2 is 1.52 bits per heavy atom. The van der Waals surface area contributed by atoms with Gasteiger partial charge in [0.1, 0.15) is 0 Å². The van der Waals surface area contributed by atoms with E-state index in [-0.39, 0.29) is 6.08 Å². The van der Waals surface area contributed by atoms with Gasteiger partial charge in [0, 0.05) is 11.6 Å². The smallest absolute Gasteiger partial charge is 0.332 e.